The van der Waals surface area contributed by atoms with Crippen molar-refractivity contribution < 1.29 is 8.42 Å². The van der Waals surface area contributed by atoms with Crippen molar-refractivity contribution in [1.29, 1.82) is 0 Å². The molecule has 0 spiro atoms. The summed E-state index contributed by atoms with van der Waals surface area (Å²) < 4.78 is 31.1. The second-order valence-electron chi connectivity index (χ2n) is 7.84. The van der Waals surface area contributed by atoms with E-state index in [0.29, 0.717) is 16.3 Å². The van der Waals surface area contributed by atoms with Gasteiger partial charge in [0.25, 0.3) is 0 Å². The van der Waals surface area contributed by atoms with Gasteiger partial charge in [0.05, 0.1) is 21.7 Å². The second kappa shape index (κ2) is 9.22. The van der Waals surface area contributed by atoms with E-state index in [9.17, 15) is 13.2 Å². The number of thiazole rings is 1. The van der Waals surface area contributed by atoms with Gasteiger partial charge in [-0.25, -0.2) is 13.1 Å². The fourth-order valence-corrected chi connectivity index (χ4v) is 6.55. The summed E-state index contributed by atoms with van der Waals surface area (Å²) in [6.45, 7) is 0.352. The maximum Gasteiger partial charge on any atom is 0.308 e. The number of halogens is 1. The van der Waals surface area contributed by atoms with Gasteiger partial charge in [0.1, 0.15) is 0 Å². The van der Waals surface area contributed by atoms with E-state index in [4.69, 9.17) is 11.6 Å². The van der Waals surface area contributed by atoms with E-state index in [1.807, 2.05) is 18.2 Å². The molecule has 0 unspecified atom stereocenters. The SMILES string of the molecule is O=c1sc2cc(S(=O)(=O)NC3CCCCCCC3)ccc2n1Cc1ccccc1Cl. The minimum Gasteiger partial charge on any atom is -0.294 e. The van der Waals surface area contributed by atoms with Crippen LogP contribution in [0.25, 0.3) is 10.2 Å². The van der Waals surface area contributed by atoms with Crippen molar-refractivity contribution in [3.05, 3.63) is 62.7 Å². The summed E-state index contributed by atoms with van der Waals surface area (Å²) in [5, 5.41) is 0.603. The van der Waals surface area contributed by atoms with E-state index in [2.05, 4.69) is 4.72 Å². The summed E-state index contributed by atoms with van der Waals surface area (Å²) in [6.07, 6.45) is 7.43. The molecule has 1 saturated carbocycles. The van der Waals surface area contributed by atoms with Gasteiger partial charge in [-0.05, 0) is 42.7 Å². The van der Waals surface area contributed by atoms with Crippen molar-refractivity contribution in [2.45, 2.75) is 62.4 Å². The average molecular weight is 465 g/mol. The molecule has 0 saturated heterocycles. The molecular weight excluding hydrogens is 440 g/mol. The molecule has 1 aliphatic rings. The Hall–Kier alpha value is -1.67. The molecule has 4 rings (SSSR count). The van der Waals surface area contributed by atoms with Crippen molar-refractivity contribution in [2.75, 3.05) is 0 Å². The summed E-state index contributed by atoms with van der Waals surface area (Å²) in [5.74, 6) is 0. The van der Waals surface area contributed by atoms with E-state index in [0.717, 1.165) is 60.9 Å². The molecule has 0 aliphatic heterocycles. The lowest BCUT2D eigenvalue weighted by molar-refractivity contribution is 0.426. The molecule has 0 atom stereocenters. The summed E-state index contributed by atoms with van der Waals surface area (Å²) in [6, 6.07) is 12.3. The Kier molecular flexibility index (Phi) is 6.63. The second-order valence-corrected chi connectivity index (χ2v) is 11.0. The first kappa shape index (κ1) is 21.6. The highest BCUT2D eigenvalue weighted by Crippen LogP contribution is 2.25. The normalized spacial score (nSPS) is 16.4. The molecule has 8 heteroatoms. The number of nitrogens with zero attached hydrogens (tertiary/aromatic N) is 1. The summed E-state index contributed by atoms with van der Waals surface area (Å²) in [4.78, 5) is 12.7. The van der Waals surface area contributed by atoms with E-state index in [1.165, 1.54) is 6.42 Å². The Labute approximate surface area is 185 Å². The molecule has 160 valence electrons. The zero-order valence-electron chi connectivity index (χ0n) is 16.6. The fraction of sp³-hybridized carbons (Fsp3) is 0.409. The molecule has 2 aromatic carbocycles. The van der Waals surface area contributed by atoms with Gasteiger partial charge in [-0.1, -0.05) is 73.2 Å². The molecular formula is C22H25ClN2O3S2. The minimum absolute atomic E-state index is 0.0189. The van der Waals surface area contributed by atoms with Crippen LogP contribution in [0, 0.1) is 0 Å². The van der Waals surface area contributed by atoms with E-state index in [-0.39, 0.29) is 15.8 Å². The van der Waals surface area contributed by atoms with Crippen LogP contribution in [0.4, 0.5) is 0 Å². The third kappa shape index (κ3) is 4.80. The Morgan fingerprint density at radius 3 is 2.47 bits per heavy atom. The number of sulfonamides is 1. The fourth-order valence-electron chi connectivity index (χ4n) is 4.02. The lowest BCUT2D eigenvalue weighted by Crippen LogP contribution is -2.35. The molecule has 1 aliphatic carbocycles. The molecule has 1 fully saturated rings. The van der Waals surface area contributed by atoms with Crippen molar-refractivity contribution in [3.63, 3.8) is 0 Å². The molecule has 1 N–H and O–H groups in total. The van der Waals surface area contributed by atoms with Crippen molar-refractivity contribution in [2.24, 2.45) is 0 Å². The van der Waals surface area contributed by atoms with Crippen LogP contribution >= 0.6 is 22.9 Å². The quantitative estimate of drug-likeness (QED) is 0.567. The molecule has 3 aromatic rings. The number of fused-ring (bicyclic) bond motifs is 1. The summed E-state index contributed by atoms with van der Waals surface area (Å²) in [7, 11) is -3.62. The highest BCUT2D eigenvalue weighted by molar-refractivity contribution is 7.89. The van der Waals surface area contributed by atoms with E-state index in [1.54, 1.807) is 28.8 Å². The van der Waals surface area contributed by atoms with Crippen LogP contribution in [0.5, 0.6) is 0 Å². The molecule has 1 aromatic heterocycles. The van der Waals surface area contributed by atoms with Gasteiger partial charge in [-0.3, -0.25) is 9.36 Å². The Bertz CT molecular complexity index is 1190. The maximum absolute atomic E-state index is 13.0. The van der Waals surface area contributed by atoms with Crippen LogP contribution in [0.15, 0.2) is 52.2 Å². The standard InChI is InChI=1S/C22H25ClN2O3S2/c23-19-11-7-6-8-16(19)15-25-20-13-12-18(14-21(20)29-22(25)26)30(27,28)24-17-9-4-2-1-3-5-10-17/h6-8,11-14,17,24H,1-5,9-10,15H2. The van der Waals surface area contributed by atoms with Gasteiger partial charge >= 0.3 is 4.87 Å². The lowest BCUT2D eigenvalue weighted by atomic mass is 9.97. The highest BCUT2D eigenvalue weighted by atomic mass is 35.5. The third-order valence-corrected chi connectivity index (χ3v) is 8.49. The predicted octanol–water partition coefficient (Wildman–Crippen LogP) is 5.16. The topological polar surface area (TPSA) is 68.2 Å². The van der Waals surface area contributed by atoms with Crippen LogP contribution in [-0.4, -0.2) is 19.0 Å². The Morgan fingerprint density at radius 2 is 1.73 bits per heavy atom. The first-order chi connectivity index (χ1) is 14.4. The number of aromatic nitrogens is 1. The van der Waals surface area contributed by atoms with Crippen LogP contribution in [-0.2, 0) is 16.6 Å². The molecule has 5 nitrogen and oxygen atoms in total. The number of hydrogen-bond donors (Lipinski definition) is 1. The van der Waals surface area contributed by atoms with Gasteiger partial charge < -0.3 is 0 Å². The van der Waals surface area contributed by atoms with Crippen LogP contribution in [0.1, 0.15) is 50.5 Å². The van der Waals surface area contributed by atoms with Crippen LogP contribution in [0.3, 0.4) is 0 Å². The molecule has 0 bridgehead atoms. The van der Waals surface area contributed by atoms with Gasteiger partial charge in [0, 0.05) is 11.1 Å². The zero-order chi connectivity index (χ0) is 21.1. The Balaban J connectivity index is 1.60. The number of hydrogen-bond acceptors (Lipinski definition) is 4. The first-order valence-corrected chi connectivity index (χ1v) is 13.0. The first-order valence-electron chi connectivity index (χ1n) is 10.3. The van der Waals surface area contributed by atoms with Gasteiger partial charge in [-0.15, -0.1) is 0 Å². The van der Waals surface area contributed by atoms with Crippen LogP contribution in [0.2, 0.25) is 5.02 Å². The largest absolute Gasteiger partial charge is 0.308 e. The Morgan fingerprint density at radius 1 is 1.03 bits per heavy atom. The van der Waals surface area contributed by atoms with Gasteiger partial charge in [-0.2, -0.15) is 0 Å². The number of nitrogens with one attached hydrogen (secondary N) is 1. The predicted molar refractivity (Wildman–Crippen MR) is 123 cm³/mol. The van der Waals surface area contributed by atoms with E-state index >= 15 is 0 Å². The van der Waals surface area contributed by atoms with Gasteiger partial charge in [0.2, 0.25) is 10.0 Å². The van der Waals surface area contributed by atoms with Gasteiger partial charge in [0.15, 0.2) is 0 Å². The van der Waals surface area contributed by atoms with Crippen LogP contribution < -0.4 is 9.60 Å². The highest BCUT2D eigenvalue weighted by Gasteiger charge is 2.22. The lowest BCUT2D eigenvalue weighted by Gasteiger charge is -2.21. The molecule has 1 heterocycles. The molecule has 0 radical (unpaired) electrons. The summed E-state index contributed by atoms with van der Waals surface area (Å²) >= 11 is 7.30. The maximum atomic E-state index is 13.0. The molecule has 30 heavy (non-hydrogen) atoms. The van der Waals surface area contributed by atoms with Crippen molar-refractivity contribution in [3.8, 4) is 0 Å². The smallest absolute Gasteiger partial charge is 0.294 e. The van der Waals surface area contributed by atoms with Crippen molar-refractivity contribution in [1.82, 2.24) is 9.29 Å². The zero-order valence-corrected chi connectivity index (χ0v) is 19.0. The number of rotatable bonds is 5. The monoisotopic (exact) mass is 464 g/mol. The molecule has 0 amide bonds. The average Bonchev–Trinajstić information content (AvgIpc) is 3.00. The van der Waals surface area contributed by atoms with E-state index < -0.39 is 10.0 Å². The van der Waals surface area contributed by atoms with Crippen molar-refractivity contribution >= 4 is 43.2 Å². The third-order valence-electron chi connectivity index (χ3n) is 5.66. The minimum atomic E-state index is -3.62. The number of benzene rings is 2. The summed E-state index contributed by atoms with van der Waals surface area (Å²) in [5.41, 5.74) is 1.57.